The fourth-order valence-corrected chi connectivity index (χ4v) is 6.46. The van der Waals surface area contributed by atoms with Gasteiger partial charge in [-0.3, -0.25) is 14.5 Å². The van der Waals surface area contributed by atoms with E-state index in [1.165, 1.54) is 19.8 Å². The van der Waals surface area contributed by atoms with Crippen molar-refractivity contribution < 1.29 is 33.0 Å². The number of para-hydroxylation sites is 1. The molecule has 1 aliphatic heterocycles. The molecule has 0 saturated heterocycles. The van der Waals surface area contributed by atoms with Crippen molar-refractivity contribution in [2.75, 3.05) is 52.2 Å². The number of nitrogens with zero attached hydrogens (tertiary/aromatic N) is 2. The van der Waals surface area contributed by atoms with Crippen LogP contribution in [0.5, 0.6) is 23.0 Å². The summed E-state index contributed by atoms with van der Waals surface area (Å²) in [5, 5.41) is 7.79. The number of amides is 2. The molecule has 6 aromatic rings. The number of carbonyl (C=O) groups is 2. The first-order valence-corrected chi connectivity index (χ1v) is 16.6. The zero-order valence-electron chi connectivity index (χ0n) is 28.9. The van der Waals surface area contributed by atoms with Crippen LogP contribution in [0.2, 0.25) is 0 Å². The van der Waals surface area contributed by atoms with Crippen LogP contribution in [0.3, 0.4) is 0 Å². The average molecular weight is 687 g/mol. The normalized spacial score (nSPS) is 12.7. The topological polar surface area (TPSA) is 124 Å². The third-order valence-electron chi connectivity index (χ3n) is 9.20. The predicted octanol–water partition coefficient (Wildman–Crippen LogP) is 7.12. The number of nitrogens with one attached hydrogen (secondary N) is 2. The average Bonchev–Trinajstić information content (AvgIpc) is 3.53. The number of rotatable bonds is 11. The minimum Gasteiger partial charge on any atom is -0.493 e. The number of hydrogen-bond acceptors (Lipinski definition) is 9. The molecule has 4 aromatic carbocycles. The lowest BCUT2D eigenvalue weighted by atomic mass is 10.0. The molecule has 11 nitrogen and oxygen atoms in total. The molecule has 0 bridgehead atoms. The van der Waals surface area contributed by atoms with E-state index in [1.807, 2.05) is 66.7 Å². The Hall–Kier alpha value is -6.07. The van der Waals surface area contributed by atoms with Crippen LogP contribution in [0.15, 0.2) is 89.3 Å². The van der Waals surface area contributed by atoms with Gasteiger partial charge in [-0.05, 0) is 54.8 Å². The number of furan rings is 1. The van der Waals surface area contributed by atoms with Gasteiger partial charge in [-0.25, -0.2) is 4.98 Å². The summed E-state index contributed by atoms with van der Waals surface area (Å²) < 4.78 is 28.1. The highest BCUT2D eigenvalue weighted by molar-refractivity contribution is 6.13. The third-order valence-corrected chi connectivity index (χ3v) is 9.20. The molecule has 0 aliphatic carbocycles. The van der Waals surface area contributed by atoms with E-state index in [2.05, 4.69) is 20.5 Å². The molecule has 0 fully saturated rings. The lowest BCUT2D eigenvalue weighted by molar-refractivity contribution is 0.102. The summed E-state index contributed by atoms with van der Waals surface area (Å²) in [7, 11) is 6.24. The standard InChI is InChI=1S/C40H38N4O7/c1-47-34-19-28-27-16-18-44(23-38(27)51-33(28)22-37(34)50-4)17-15-24-9-12-26(13-10-24)41-39(45)29-20-35(48-2)36(49-3)21-32(29)43-40(46)31-14-11-25-7-5-6-8-30(25)42-31/h5-14,19-22H,15-18,23H2,1-4H3,(H,41,45)(H,43,46). The number of methoxy groups -OCH3 is 4. The molecule has 3 heterocycles. The SMILES string of the molecule is COc1cc(NC(=O)c2ccc3ccccc3n2)c(C(=O)Nc2ccc(CCN3CCc4c(oc5cc(OC)c(OC)cc45)C3)cc2)cc1OC. The number of pyridine rings is 1. The Morgan fingerprint density at radius 2 is 1.49 bits per heavy atom. The van der Waals surface area contributed by atoms with Gasteiger partial charge in [-0.1, -0.05) is 36.4 Å². The number of ether oxygens (including phenoxy) is 4. The molecule has 0 unspecified atom stereocenters. The largest absolute Gasteiger partial charge is 0.493 e. The summed E-state index contributed by atoms with van der Waals surface area (Å²) in [4.78, 5) is 33.8. The van der Waals surface area contributed by atoms with Crippen molar-refractivity contribution in [2.24, 2.45) is 0 Å². The highest BCUT2D eigenvalue weighted by atomic mass is 16.5. The van der Waals surface area contributed by atoms with Crippen LogP contribution in [0.4, 0.5) is 11.4 Å². The van der Waals surface area contributed by atoms with Crippen molar-refractivity contribution in [1.82, 2.24) is 9.88 Å². The lowest BCUT2D eigenvalue weighted by Crippen LogP contribution is -2.31. The van der Waals surface area contributed by atoms with Crippen LogP contribution in [-0.2, 0) is 19.4 Å². The van der Waals surface area contributed by atoms with Gasteiger partial charge in [0.1, 0.15) is 17.0 Å². The minimum absolute atomic E-state index is 0.206. The number of fused-ring (bicyclic) bond motifs is 4. The molecule has 11 heteroatoms. The molecule has 0 atom stereocenters. The molecular formula is C40H38N4O7. The maximum atomic E-state index is 13.6. The lowest BCUT2D eigenvalue weighted by Gasteiger charge is -2.26. The summed E-state index contributed by atoms with van der Waals surface area (Å²) in [5.74, 6) is 2.16. The van der Waals surface area contributed by atoms with Gasteiger partial charge in [-0.15, -0.1) is 0 Å². The Bertz CT molecular complexity index is 2250. The van der Waals surface area contributed by atoms with E-state index < -0.39 is 11.8 Å². The molecular weight excluding hydrogens is 648 g/mol. The van der Waals surface area contributed by atoms with E-state index in [1.54, 1.807) is 32.4 Å². The number of anilines is 2. The van der Waals surface area contributed by atoms with Crippen LogP contribution in [0.1, 0.15) is 37.7 Å². The van der Waals surface area contributed by atoms with Crippen molar-refractivity contribution in [2.45, 2.75) is 19.4 Å². The van der Waals surface area contributed by atoms with E-state index in [9.17, 15) is 9.59 Å². The van der Waals surface area contributed by atoms with Crippen molar-refractivity contribution in [3.05, 3.63) is 113 Å². The molecule has 2 aromatic heterocycles. The van der Waals surface area contributed by atoms with Gasteiger partial charge in [0.05, 0.1) is 51.8 Å². The Kier molecular flexibility index (Phi) is 9.45. The van der Waals surface area contributed by atoms with Crippen molar-refractivity contribution in [3.63, 3.8) is 0 Å². The van der Waals surface area contributed by atoms with Gasteiger partial charge >= 0.3 is 0 Å². The maximum Gasteiger partial charge on any atom is 0.274 e. The van der Waals surface area contributed by atoms with E-state index in [4.69, 9.17) is 23.4 Å². The molecule has 1 aliphatic rings. The van der Waals surface area contributed by atoms with Gasteiger partial charge in [0.15, 0.2) is 23.0 Å². The van der Waals surface area contributed by atoms with Crippen LogP contribution in [-0.4, -0.2) is 63.2 Å². The zero-order chi connectivity index (χ0) is 35.5. The first-order valence-electron chi connectivity index (χ1n) is 16.6. The Balaban J connectivity index is 1.01. The summed E-state index contributed by atoms with van der Waals surface area (Å²) in [5.41, 5.74) is 5.16. The summed E-state index contributed by atoms with van der Waals surface area (Å²) in [6.45, 7) is 2.50. The van der Waals surface area contributed by atoms with Gasteiger partial charge in [0, 0.05) is 47.2 Å². The summed E-state index contributed by atoms with van der Waals surface area (Å²) >= 11 is 0. The molecule has 7 rings (SSSR count). The van der Waals surface area contributed by atoms with Crippen molar-refractivity contribution >= 4 is 45.1 Å². The van der Waals surface area contributed by atoms with E-state index >= 15 is 0 Å². The first-order chi connectivity index (χ1) is 24.9. The Morgan fingerprint density at radius 3 is 2.25 bits per heavy atom. The van der Waals surface area contributed by atoms with Crippen molar-refractivity contribution in [1.29, 1.82) is 0 Å². The fourth-order valence-electron chi connectivity index (χ4n) is 6.46. The van der Waals surface area contributed by atoms with Gasteiger partial charge in [0.2, 0.25) is 0 Å². The highest BCUT2D eigenvalue weighted by Gasteiger charge is 2.24. The van der Waals surface area contributed by atoms with Crippen LogP contribution in [0, 0.1) is 0 Å². The predicted molar refractivity (Wildman–Crippen MR) is 196 cm³/mol. The molecule has 0 radical (unpaired) electrons. The van der Waals surface area contributed by atoms with Gasteiger partial charge in [0.25, 0.3) is 11.8 Å². The van der Waals surface area contributed by atoms with Crippen LogP contribution >= 0.6 is 0 Å². The molecule has 0 spiro atoms. The number of benzene rings is 4. The minimum atomic E-state index is -0.461. The first kappa shape index (κ1) is 33.4. The maximum absolute atomic E-state index is 13.6. The van der Waals surface area contributed by atoms with Crippen LogP contribution < -0.4 is 29.6 Å². The second-order valence-corrected chi connectivity index (χ2v) is 12.2. The zero-order valence-corrected chi connectivity index (χ0v) is 28.9. The smallest absolute Gasteiger partial charge is 0.274 e. The van der Waals surface area contributed by atoms with E-state index in [-0.39, 0.29) is 16.9 Å². The van der Waals surface area contributed by atoms with E-state index in [0.717, 1.165) is 60.2 Å². The molecule has 2 N–H and O–H groups in total. The highest BCUT2D eigenvalue weighted by Crippen LogP contribution is 2.38. The third kappa shape index (κ3) is 6.88. The molecule has 0 saturated carbocycles. The second kappa shape index (κ2) is 14.4. The van der Waals surface area contributed by atoms with E-state index in [0.29, 0.717) is 34.2 Å². The second-order valence-electron chi connectivity index (χ2n) is 12.2. The van der Waals surface area contributed by atoms with Crippen molar-refractivity contribution in [3.8, 4) is 23.0 Å². The molecule has 51 heavy (non-hydrogen) atoms. The number of carbonyl (C=O) groups excluding carboxylic acids is 2. The molecule has 2 amide bonds. The Labute approximate surface area is 295 Å². The monoisotopic (exact) mass is 686 g/mol. The summed E-state index contributed by atoms with van der Waals surface area (Å²) in [6, 6.07) is 25.8. The summed E-state index contributed by atoms with van der Waals surface area (Å²) in [6.07, 6.45) is 1.72. The number of aromatic nitrogens is 1. The number of hydrogen-bond donors (Lipinski definition) is 2. The van der Waals surface area contributed by atoms with Gasteiger partial charge < -0.3 is 34.0 Å². The molecule has 260 valence electrons. The quantitative estimate of drug-likeness (QED) is 0.147. The van der Waals surface area contributed by atoms with Crippen LogP contribution in [0.25, 0.3) is 21.9 Å². The fraction of sp³-hybridized carbons (Fsp3) is 0.225. The Morgan fingerprint density at radius 1 is 0.784 bits per heavy atom. The van der Waals surface area contributed by atoms with Gasteiger partial charge in [-0.2, -0.15) is 0 Å².